The van der Waals surface area contributed by atoms with Crippen LogP contribution >= 0.6 is 0 Å². The van der Waals surface area contributed by atoms with Crippen molar-refractivity contribution in [3.8, 4) is 6.07 Å². The molecule has 0 aromatic carbocycles. The van der Waals surface area contributed by atoms with E-state index in [4.69, 9.17) is 0 Å². The molecule has 1 heterocycles. The summed E-state index contributed by atoms with van der Waals surface area (Å²) in [5.74, 6) is -0.00409. The second-order valence-electron chi connectivity index (χ2n) is 5.37. The van der Waals surface area contributed by atoms with Crippen LogP contribution in [0, 0.1) is 16.7 Å². The maximum atomic E-state index is 12.4. The lowest BCUT2D eigenvalue weighted by Crippen LogP contribution is -2.45. The Balaban J connectivity index is 2.12. The number of carbonyl (C=O) groups excluding carboxylic acids is 1. The third kappa shape index (κ3) is 2.24. The fraction of sp³-hybridized carbons (Fsp3) is 0.833. The molecule has 2 aliphatic rings. The highest BCUT2D eigenvalue weighted by Crippen LogP contribution is 2.39. The first kappa shape index (κ1) is 13.3. The van der Waals surface area contributed by atoms with Gasteiger partial charge in [0.25, 0.3) is 0 Å². The van der Waals surface area contributed by atoms with Crippen molar-refractivity contribution >= 4 is 15.7 Å². The molecule has 18 heavy (non-hydrogen) atoms. The van der Waals surface area contributed by atoms with Crippen LogP contribution in [0.3, 0.4) is 0 Å². The smallest absolute Gasteiger partial charge is 0.243 e. The minimum absolute atomic E-state index is 0.0384. The third-order valence-electron chi connectivity index (χ3n) is 4.16. The van der Waals surface area contributed by atoms with Crippen LogP contribution in [0.2, 0.25) is 0 Å². The van der Waals surface area contributed by atoms with Gasteiger partial charge in [-0.2, -0.15) is 5.26 Å². The first-order valence-electron chi connectivity index (χ1n) is 6.29. The van der Waals surface area contributed by atoms with E-state index >= 15 is 0 Å². The second kappa shape index (κ2) is 4.54. The molecule has 1 saturated carbocycles. The maximum Gasteiger partial charge on any atom is 0.243 e. The molecule has 1 aliphatic heterocycles. The molecule has 1 unspecified atom stereocenters. The van der Waals surface area contributed by atoms with Gasteiger partial charge in [0, 0.05) is 13.1 Å². The predicted molar refractivity (Wildman–Crippen MR) is 66.3 cm³/mol. The lowest BCUT2D eigenvalue weighted by Gasteiger charge is -2.30. The first-order valence-corrected chi connectivity index (χ1v) is 8.11. The Hall–Kier alpha value is -1.09. The largest absolute Gasteiger partial charge is 0.340 e. The zero-order valence-electron chi connectivity index (χ0n) is 10.6. The number of nitriles is 1. The topological polar surface area (TPSA) is 78.2 Å². The number of amides is 1. The Morgan fingerprint density at radius 1 is 1.39 bits per heavy atom. The molecule has 0 aromatic heterocycles. The lowest BCUT2D eigenvalue weighted by atomic mass is 9.86. The fourth-order valence-corrected chi connectivity index (χ4v) is 4.71. The van der Waals surface area contributed by atoms with E-state index in [0.29, 0.717) is 19.3 Å². The van der Waals surface area contributed by atoms with Crippen molar-refractivity contribution in [3.63, 3.8) is 0 Å². The van der Waals surface area contributed by atoms with Crippen molar-refractivity contribution in [1.29, 1.82) is 5.26 Å². The zero-order valence-corrected chi connectivity index (χ0v) is 11.4. The van der Waals surface area contributed by atoms with Gasteiger partial charge in [-0.15, -0.1) is 0 Å². The van der Waals surface area contributed by atoms with Crippen LogP contribution in [-0.4, -0.2) is 43.8 Å². The van der Waals surface area contributed by atoms with Crippen molar-refractivity contribution in [2.45, 2.75) is 38.1 Å². The summed E-state index contributed by atoms with van der Waals surface area (Å²) >= 11 is 0. The number of hydrogen-bond donors (Lipinski definition) is 0. The number of rotatable bonds is 2. The minimum Gasteiger partial charge on any atom is -0.340 e. The Kier molecular flexibility index (Phi) is 3.37. The Labute approximate surface area is 108 Å². The van der Waals surface area contributed by atoms with Crippen molar-refractivity contribution in [2.75, 3.05) is 18.6 Å². The molecule has 6 heteroatoms. The van der Waals surface area contributed by atoms with Gasteiger partial charge in [0.2, 0.25) is 5.91 Å². The van der Waals surface area contributed by atoms with Crippen LogP contribution in [0.5, 0.6) is 0 Å². The monoisotopic (exact) mass is 270 g/mol. The Morgan fingerprint density at radius 2 is 2.00 bits per heavy atom. The van der Waals surface area contributed by atoms with Gasteiger partial charge in [-0.25, -0.2) is 8.42 Å². The van der Waals surface area contributed by atoms with Crippen molar-refractivity contribution < 1.29 is 13.2 Å². The number of hydrogen-bond acceptors (Lipinski definition) is 4. The number of sulfone groups is 1. The molecule has 0 aromatic rings. The first-order chi connectivity index (χ1) is 8.40. The fourth-order valence-electron chi connectivity index (χ4n) is 2.94. The summed E-state index contributed by atoms with van der Waals surface area (Å²) in [6, 6.07) is 1.91. The molecular weight excluding hydrogens is 252 g/mol. The van der Waals surface area contributed by atoms with Crippen molar-refractivity contribution in [2.24, 2.45) is 5.41 Å². The van der Waals surface area contributed by atoms with Crippen LogP contribution in [0.15, 0.2) is 0 Å². The SMILES string of the molecule is CN(C(=O)C1(C#N)CCCC1)C1CCS(=O)(=O)C1. The molecule has 2 rings (SSSR count). The Bertz CT molecular complexity index is 486. The van der Waals surface area contributed by atoms with Gasteiger partial charge in [0.15, 0.2) is 9.84 Å². The van der Waals surface area contributed by atoms with E-state index in [1.54, 1.807) is 7.05 Å². The van der Waals surface area contributed by atoms with Gasteiger partial charge in [0.05, 0.1) is 17.6 Å². The molecule has 1 aliphatic carbocycles. The summed E-state index contributed by atoms with van der Waals surface area (Å²) in [7, 11) is -1.37. The van der Waals surface area contributed by atoms with Gasteiger partial charge in [-0.3, -0.25) is 4.79 Å². The van der Waals surface area contributed by atoms with E-state index in [1.165, 1.54) is 4.90 Å². The standard InChI is InChI=1S/C12H18N2O3S/c1-14(10-4-7-18(16,17)8-10)11(15)12(9-13)5-2-3-6-12/h10H,2-8H2,1H3. The Morgan fingerprint density at radius 3 is 2.44 bits per heavy atom. The van der Waals surface area contributed by atoms with E-state index in [-0.39, 0.29) is 23.5 Å². The highest BCUT2D eigenvalue weighted by atomic mass is 32.2. The van der Waals surface area contributed by atoms with Crippen LogP contribution < -0.4 is 0 Å². The quantitative estimate of drug-likeness (QED) is 0.740. The van der Waals surface area contributed by atoms with E-state index in [1.807, 2.05) is 0 Å². The molecule has 0 bridgehead atoms. The van der Waals surface area contributed by atoms with E-state index in [0.717, 1.165) is 12.8 Å². The van der Waals surface area contributed by atoms with Gasteiger partial charge in [0.1, 0.15) is 5.41 Å². The van der Waals surface area contributed by atoms with Gasteiger partial charge >= 0.3 is 0 Å². The van der Waals surface area contributed by atoms with Crippen molar-refractivity contribution in [3.05, 3.63) is 0 Å². The number of nitrogens with zero attached hydrogens (tertiary/aromatic N) is 2. The molecule has 1 amide bonds. The highest BCUT2D eigenvalue weighted by molar-refractivity contribution is 7.91. The highest BCUT2D eigenvalue weighted by Gasteiger charge is 2.45. The van der Waals surface area contributed by atoms with Gasteiger partial charge < -0.3 is 4.90 Å². The summed E-state index contributed by atoms with van der Waals surface area (Å²) in [6.45, 7) is 0. The predicted octanol–water partition coefficient (Wildman–Crippen LogP) is 0.716. The summed E-state index contributed by atoms with van der Waals surface area (Å²) in [6.07, 6.45) is 3.50. The third-order valence-corrected chi connectivity index (χ3v) is 5.91. The molecule has 0 N–H and O–H groups in total. The molecular formula is C12H18N2O3S. The molecule has 5 nitrogen and oxygen atoms in total. The molecule has 2 fully saturated rings. The van der Waals surface area contributed by atoms with E-state index in [2.05, 4.69) is 6.07 Å². The summed E-state index contributed by atoms with van der Waals surface area (Å²) in [5.41, 5.74) is -0.902. The normalized spacial score (nSPS) is 28.8. The van der Waals surface area contributed by atoms with E-state index < -0.39 is 15.3 Å². The molecule has 0 spiro atoms. The maximum absolute atomic E-state index is 12.4. The van der Waals surface area contributed by atoms with Gasteiger partial charge in [-0.05, 0) is 19.3 Å². The zero-order chi connectivity index (χ0) is 13.4. The lowest BCUT2D eigenvalue weighted by molar-refractivity contribution is -0.139. The summed E-state index contributed by atoms with van der Waals surface area (Å²) in [5, 5.41) is 9.27. The van der Waals surface area contributed by atoms with E-state index in [9.17, 15) is 18.5 Å². The molecule has 100 valence electrons. The summed E-state index contributed by atoms with van der Waals surface area (Å²) in [4.78, 5) is 13.9. The van der Waals surface area contributed by atoms with Crippen molar-refractivity contribution in [1.82, 2.24) is 4.90 Å². The average molecular weight is 270 g/mol. The van der Waals surface area contributed by atoms with Gasteiger partial charge in [-0.1, -0.05) is 12.8 Å². The molecule has 1 atom stereocenters. The van der Waals surface area contributed by atoms with Crippen LogP contribution in [0.4, 0.5) is 0 Å². The van der Waals surface area contributed by atoms with Crippen LogP contribution in [0.1, 0.15) is 32.1 Å². The molecule has 0 radical (unpaired) electrons. The number of carbonyl (C=O) groups is 1. The van der Waals surface area contributed by atoms with Crippen LogP contribution in [0.25, 0.3) is 0 Å². The second-order valence-corrected chi connectivity index (χ2v) is 7.60. The average Bonchev–Trinajstić information content (AvgIpc) is 2.94. The minimum atomic E-state index is -3.00. The van der Waals surface area contributed by atoms with Crippen LogP contribution in [-0.2, 0) is 14.6 Å². The molecule has 1 saturated heterocycles. The summed E-state index contributed by atoms with van der Waals surface area (Å²) < 4.78 is 22.9.